The Kier molecular flexibility index (Phi) is 5.60. The Bertz CT molecular complexity index is 489. The number of nitrogens with one attached hydrogen (secondary N) is 1. The Balaban J connectivity index is 1.91. The van der Waals surface area contributed by atoms with Crippen LogP contribution < -0.4 is 11.1 Å². The zero-order valence-corrected chi connectivity index (χ0v) is 12.2. The summed E-state index contributed by atoms with van der Waals surface area (Å²) < 4.78 is 0. The predicted molar refractivity (Wildman–Crippen MR) is 83.4 cm³/mol. The first-order valence-corrected chi connectivity index (χ1v) is 7.55. The quantitative estimate of drug-likeness (QED) is 0.262. The second-order valence-electron chi connectivity index (χ2n) is 5.64. The molecule has 1 aromatic carbocycles. The van der Waals surface area contributed by atoms with Crippen molar-refractivity contribution in [3.63, 3.8) is 0 Å². The Labute approximate surface area is 125 Å². The van der Waals surface area contributed by atoms with E-state index in [1.54, 1.807) is 0 Å². The summed E-state index contributed by atoms with van der Waals surface area (Å²) in [7, 11) is 0. The first kappa shape index (κ1) is 15.4. The van der Waals surface area contributed by atoms with E-state index in [9.17, 15) is 4.79 Å². The van der Waals surface area contributed by atoms with Crippen molar-refractivity contribution < 1.29 is 10.0 Å². The normalized spacial score (nSPS) is 17.2. The van der Waals surface area contributed by atoms with E-state index in [0.717, 1.165) is 36.9 Å². The molecular formula is C16H23N3O2. The molecule has 1 aliphatic rings. The Hall–Kier alpha value is -2.04. The molecule has 1 fully saturated rings. The second-order valence-corrected chi connectivity index (χ2v) is 5.64. The maximum absolute atomic E-state index is 12.2. The summed E-state index contributed by atoms with van der Waals surface area (Å²) in [6.07, 6.45) is 7.17. The molecule has 0 spiro atoms. The number of amidine groups is 1. The minimum absolute atomic E-state index is 0.126. The van der Waals surface area contributed by atoms with E-state index in [-0.39, 0.29) is 17.7 Å². The van der Waals surface area contributed by atoms with Crippen molar-refractivity contribution in [1.29, 1.82) is 0 Å². The number of hydrogen-bond donors (Lipinski definition) is 3. The molecule has 0 atom stereocenters. The van der Waals surface area contributed by atoms with Crippen LogP contribution >= 0.6 is 0 Å². The van der Waals surface area contributed by atoms with Crippen LogP contribution in [0.3, 0.4) is 0 Å². The van der Waals surface area contributed by atoms with Crippen molar-refractivity contribution in [2.24, 2.45) is 16.8 Å². The number of amides is 1. The third-order valence-electron chi connectivity index (χ3n) is 3.96. The van der Waals surface area contributed by atoms with E-state index in [4.69, 9.17) is 10.9 Å². The topological polar surface area (TPSA) is 87.7 Å². The van der Waals surface area contributed by atoms with Gasteiger partial charge in [0.1, 0.15) is 5.84 Å². The average molecular weight is 289 g/mol. The highest BCUT2D eigenvalue weighted by atomic mass is 16.4. The van der Waals surface area contributed by atoms with Crippen LogP contribution in [-0.2, 0) is 11.2 Å². The molecule has 0 aromatic heterocycles. The van der Waals surface area contributed by atoms with Crippen molar-refractivity contribution in [3.8, 4) is 0 Å². The van der Waals surface area contributed by atoms with Gasteiger partial charge in [-0.25, -0.2) is 0 Å². The highest BCUT2D eigenvalue weighted by Crippen LogP contribution is 2.24. The molecule has 1 aliphatic carbocycles. The van der Waals surface area contributed by atoms with Crippen molar-refractivity contribution in [1.82, 2.24) is 0 Å². The minimum atomic E-state index is 0.126. The van der Waals surface area contributed by atoms with Gasteiger partial charge in [-0.3, -0.25) is 4.79 Å². The van der Waals surface area contributed by atoms with Crippen LogP contribution in [-0.4, -0.2) is 17.0 Å². The summed E-state index contributed by atoms with van der Waals surface area (Å²) in [4.78, 5) is 12.2. The molecule has 0 bridgehead atoms. The standard InChI is InChI=1S/C16H23N3O2/c17-15(19-21)11-12-7-9-14(10-8-12)18-16(20)13-5-3-1-2-4-6-13/h7-10,13,21H,1-6,11H2,(H2,17,19)(H,18,20). The number of carbonyl (C=O) groups is 1. The van der Waals surface area contributed by atoms with Gasteiger partial charge in [-0.1, -0.05) is 43.0 Å². The fourth-order valence-electron chi connectivity index (χ4n) is 2.74. The fourth-order valence-corrected chi connectivity index (χ4v) is 2.74. The lowest BCUT2D eigenvalue weighted by molar-refractivity contribution is -0.120. The number of carbonyl (C=O) groups excluding carboxylic acids is 1. The highest BCUT2D eigenvalue weighted by molar-refractivity contribution is 5.92. The van der Waals surface area contributed by atoms with Crippen molar-refractivity contribution >= 4 is 17.4 Å². The Morgan fingerprint density at radius 1 is 1.19 bits per heavy atom. The van der Waals surface area contributed by atoms with Crippen LogP contribution in [0.4, 0.5) is 5.69 Å². The summed E-state index contributed by atoms with van der Waals surface area (Å²) >= 11 is 0. The molecule has 0 saturated heterocycles. The molecular weight excluding hydrogens is 266 g/mol. The fraction of sp³-hybridized carbons (Fsp3) is 0.500. The number of hydrogen-bond acceptors (Lipinski definition) is 3. The molecule has 5 nitrogen and oxygen atoms in total. The smallest absolute Gasteiger partial charge is 0.227 e. The van der Waals surface area contributed by atoms with Gasteiger partial charge in [0.05, 0.1) is 0 Å². The molecule has 0 unspecified atom stereocenters. The molecule has 0 heterocycles. The van der Waals surface area contributed by atoms with Gasteiger partial charge in [-0.05, 0) is 30.5 Å². The monoisotopic (exact) mass is 289 g/mol. The number of anilines is 1. The van der Waals surface area contributed by atoms with Crippen LogP contribution in [0.2, 0.25) is 0 Å². The summed E-state index contributed by atoms with van der Waals surface area (Å²) in [6, 6.07) is 7.46. The van der Waals surface area contributed by atoms with Crippen LogP contribution in [0, 0.1) is 5.92 Å². The molecule has 1 amide bonds. The SMILES string of the molecule is NC(Cc1ccc(NC(=O)C2CCCCCC2)cc1)=NO. The predicted octanol–water partition coefficient (Wildman–Crippen LogP) is 2.88. The van der Waals surface area contributed by atoms with Gasteiger partial charge in [0.2, 0.25) is 5.91 Å². The van der Waals surface area contributed by atoms with E-state index in [2.05, 4.69) is 10.5 Å². The number of nitrogens with two attached hydrogens (primary N) is 1. The van der Waals surface area contributed by atoms with Crippen molar-refractivity contribution in [2.45, 2.75) is 44.9 Å². The first-order chi connectivity index (χ1) is 10.2. The molecule has 21 heavy (non-hydrogen) atoms. The van der Waals surface area contributed by atoms with Gasteiger partial charge in [0.25, 0.3) is 0 Å². The van der Waals surface area contributed by atoms with E-state index >= 15 is 0 Å². The lowest BCUT2D eigenvalue weighted by atomic mass is 9.99. The van der Waals surface area contributed by atoms with Gasteiger partial charge in [-0.15, -0.1) is 0 Å². The van der Waals surface area contributed by atoms with Gasteiger partial charge in [-0.2, -0.15) is 0 Å². The van der Waals surface area contributed by atoms with E-state index in [1.807, 2.05) is 24.3 Å². The zero-order valence-electron chi connectivity index (χ0n) is 12.2. The molecule has 114 valence electrons. The Morgan fingerprint density at radius 2 is 1.81 bits per heavy atom. The molecule has 4 N–H and O–H groups in total. The number of nitrogens with zero attached hydrogens (tertiary/aromatic N) is 1. The largest absolute Gasteiger partial charge is 0.409 e. The molecule has 1 aromatic rings. The van der Waals surface area contributed by atoms with Crippen molar-refractivity contribution in [3.05, 3.63) is 29.8 Å². The maximum atomic E-state index is 12.2. The third-order valence-corrected chi connectivity index (χ3v) is 3.96. The maximum Gasteiger partial charge on any atom is 0.227 e. The van der Waals surface area contributed by atoms with Crippen molar-refractivity contribution in [2.75, 3.05) is 5.32 Å². The van der Waals surface area contributed by atoms with Gasteiger partial charge in [0, 0.05) is 18.0 Å². The van der Waals surface area contributed by atoms with Gasteiger partial charge in [0.15, 0.2) is 0 Å². The Morgan fingerprint density at radius 3 is 2.38 bits per heavy atom. The van der Waals surface area contributed by atoms with Crippen LogP contribution in [0.25, 0.3) is 0 Å². The van der Waals surface area contributed by atoms with Gasteiger partial charge >= 0.3 is 0 Å². The van der Waals surface area contributed by atoms with Crippen LogP contribution in [0.15, 0.2) is 29.4 Å². The van der Waals surface area contributed by atoms with Crippen LogP contribution in [0.5, 0.6) is 0 Å². The summed E-state index contributed by atoms with van der Waals surface area (Å²) in [5.41, 5.74) is 7.21. The van der Waals surface area contributed by atoms with E-state index < -0.39 is 0 Å². The highest BCUT2D eigenvalue weighted by Gasteiger charge is 2.19. The number of benzene rings is 1. The number of rotatable bonds is 4. The summed E-state index contributed by atoms with van der Waals surface area (Å²) in [5.74, 6) is 0.440. The second kappa shape index (κ2) is 7.67. The lowest BCUT2D eigenvalue weighted by Crippen LogP contribution is -2.22. The summed E-state index contributed by atoms with van der Waals surface area (Å²) in [6.45, 7) is 0. The summed E-state index contributed by atoms with van der Waals surface area (Å²) in [5, 5.41) is 14.5. The van der Waals surface area contributed by atoms with E-state index in [1.165, 1.54) is 12.8 Å². The lowest BCUT2D eigenvalue weighted by Gasteiger charge is -2.14. The molecule has 1 saturated carbocycles. The number of oxime groups is 1. The first-order valence-electron chi connectivity index (χ1n) is 7.55. The minimum Gasteiger partial charge on any atom is -0.409 e. The molecule has 0 radical (unpaired) electrons. The molecule has 5 heteroatoms. The van der Waals surface area contributed by atoms with Gasteiger partial charge < -0.3 is 16.3 Å². The molecule has 0 aliphatic heterocycles. The van der Waals surface area contributed by atoms with E-state index in [0.29, 0.717) is 6.42 Å². The third kappa shape index (κ3) is 4.77. The molecule has 2 rings (SSSR count). The average Bonchev–Trinajstić information content (AvgIpc) is 2.78. The zero-order chi connectivity index (χ0) is 15.1. The van der Waals surface area contributed by atoms with Crippen LogP contribution in [0.1, 0.15) is 44.1 Å².